The second kappa shape index (κ2) is 10.5. The minimum absolute atomic E-state index is 0.267. The first-order valence-electron chi connectivity index (χ1n) is 8.68. The fourth-order valence-electron chi connectivity index (χ4n) is 3.49. The highest BCUT2D eigenvalue weighted by atomic mass is 16.5. The highest BCUT2D eigenvalue weighted by Gasteiger charge is 2.35. The van der Waals surface area contributed by atoms with Gasteiger partial charge in [0.1, 0.15) is 0 Å². The van der Waals surface area contributed by atoms with Gasteiger partial charge in [-0.15, -0.1) is 0 Å². The van der Waals surface area contributed by atoms with Crippen LogP contribution in [0.5, 0.6) is 0 Å². The van der Waals surface area contributed by atoms with Crippen molar-refractivity contribution in [3.8, 4) is 0 Å². The van der Waals surface area contributed by atoms with Gasteiger partial charge >= 0.3 is 0 Å². The number of rotatable bonds is 11. The van der Waals surface area contributed by atoms with Crippen LogP contribution in [0, 0.1) is 11.3 Å². The molecule has 0 bridgehead atoms. The van der Waals surface area contributed by atoms with Crippen LogP contribution in [-0.2, 0) is 4.74 Å². The van der Waals surface area contributed by atoms with E-state index >= 15 is 0 Å². The SMILES string of the molecule is CCCN(CCO)CC1(CNCCOC)CCC(C)CC1. The Morgan fingerprint density at radius 2 is 2.00 bits per heavy atom. The van der Waals surface area contributed by atoms with Gasteiger partial charge in [0.05, 0.1) is 13.2 Å². The molecule has 0 aromatic rings. The van der Waals surface area contributed by atoms with E-state index in [1.807, 2.05) is 0 Å². The maximum atomic E-state index is 9.29. The molecule has 1 aliphatic carbocycles. The number of nitrogens with one attached hydrogen (secondary N) is 1. The summed E-state index contributed by atoms with van der Waals surface area (Å²) in [4.78, 5) is 2.45. The van der Waals surface area contributed by atoms with Crippen LogP contribution >= 0.6 is 0 Å². The molecule has 0 aliphatic heterocycles. The lowest BCUT2D eigenvalue weighted by molar-refractivity contribution is 0.0739. The predicted molar refractivity (Wildman–Crippen MR) is 88.6 cm³/mol. The van der Waals surface area contributed by atoms with Crippen molar-refractivity contribution < 1.29 is 9.84 Å². The molecule has 126 valence electrons. The van der Waals surface area contributed by atoms with E-state index in [1.54, 1.807) is 7.11 Å². The van der Waals surface area contributed by atoms with Crippen LogP contribution in [0.3, 0.4) is 0 Å². The Morgan fingerprint density at radius 3 is 2.57 bits per heavy atom. The molecule has 4 nitrogen and oxygen atoms in total. The second-order valence-corrected chi connectivity index (χ2v) is 6.85. The summed E-state index contributed by atoms with van der Waals surface area (Å²) in [6.45, 7) is 10.7. The number of methoxy groups -OCH3 is 1. The van der Waals surface area contributed by atoms with Gasteiger partial charge in [-0.3, -0.25) is 0 Å². The largest absolute Gasteiger partial charge is 0.395 e. The van der Waals surface area contributed by atoms with Crippen LogP contribution in [0.2, 0.25) is 0 Å². The molecule has 0 aromatic heterocycles. The van der Waals surface area contributed by atoms with Crippen molar-refractivity contribution in [3.63, 3.8) is 0 Å². The van der Waals surface area contributed by atoms with Crippen LogP contribution in [0.25, 0.3) is 0 Å². The first-order chi connectivity index (χ1) is 10.2. The quantitative estimate of drug-likeness (QED) is 0.574. The summed E-state index contributed by atoms with van der Waals surface area (Å²) in [5.41, 5.74) is 0.380. The highest BCUT2D eigenvalue weighted by molar-refractivity contribution is 4.89. The normalized spacial score (nSPS) is 26.4. The van der Waals surface area contributed by atoms with E-state index in [0.29, 0.717) is 5.41 Å². The van der Waals surface area contributed by atoms with Crippen LogP contribution < -0.4 is 5.32 Å². The Labute approximate surface area is 131 Å². The van der Waals surface area contributed by atoms with Gasteiger partial charge in [-0.05, 0) is 37.1 Å². The van der Waals surface area contributed by atoms with Crippen LogP contribution in [0.1, 0.15) is 46.0 Å². The lowest BCUT2D eigenvalue weighted by atomic mass is 9.70. The molecule has 4 heteroatoms. The summed E-state index contributed by atoms with van der Waals surface area (Å²) in [5, 5.41) is 12.9. The zero-order valence-electron chi connectivity index (χ0n) is 14.4. The number of ether oxygens (including phenoxy) is 1. The van der Waals surface area contributed by atoms with Crippen LogP contribution in [-0.4, -0.2) is 63.1 Å². The van der Waals surface area contributed by atoms with E-state index in [1.165, 1.54) is 25.7 Å². The van der Waals surface area contributed by atoms with Gasteiger partial charge in [0.2, 0.25) is 0 Å². The van der Waals surface area contributed by atoms with Crippen molar-refractivity contribution in [2.45, 2.75) is 46.0 Å². The Balaban J connectivity index is 2.57. The third-order valence-electron chi connectivity index (χ3n) is 4.83. The van der Waals surface area contributed by atoms with Crippen molar-refractivity contribution in [2.75, 3.05) is 53.0 Å². The van der Waals surface area contributed by atoms with Crippen molar-refractivity contribution in [3.05, 3.63) is 0 Å². The molecule has 0 unspecified atom stereocenters. The molecular formula is C17H36N2O2. The molecule has 0 spiro atoms. The van der Waals surface area contributed by atoms with Gasteiger partial charge in [-0.1, -0.05) is 26.7 Å². The fraction of sp³-hybridized carbons (Fsp3) is 1.00. The first-order valence-corrected chi connectivity index (χ1v) is 8.68. The molecule has 0 atom stereocenters. The van der Waals surface area contributed by atoms with Gasteiger partial charge in [0.25, 0.3) is 0 Å². The third kappa shape index (κ3) is 7.09. The Hall–Kier alpha value is -0.160. The summed E-state index contributed by atoms with van der Waals surface area (Å²) in [5.74, 6) is 0.870. The Kier molecular flexibility index (Phi) is 9.49. The molecule has 1 saturated carbocycles. The van der Waals surface area contributed by atoms with E-state index in [2.05, 4.69) is 24.1 Å². The second-order valence-electron chi connectivity index (χ2n) is 6.85. The number of aliphatic hydroxyl groups is 1. The molecule has 1 fully saturated rings. The molecule has 0 saturated heterocycles. The molecule has 21 heavy (non-hydrogen) atoms. The van der Waals surface area contributed by atoms with Gasteiger partial charge in [-0.2, -0.15) is 0 Å². The van der Waals surface area contributed by atoms with E-state index in [4.69, 9.17) is 4.74 Å². The number of hydrogen-bond acceptors (Lipinski definition) is 4. The zero-order chi connectivity index (χ0) is 15.6. The summed E-state index contributed by atoms with van der Waals surface area (Å²) in [7, 11) is 1.75. The van der Waals surface area contributed by atoms with E-state index in [9.17, 15) is 5.11 Å². The average molecular weight is 300 g/mol. The van der Waals surface area contributed by atoms with Gasteiger partial charge in [0, 0.05) is 33.3 Å². The van der Waals surface area contributed by atoms with E-state index < -0.39 is 0 Å². The van der Waals surface area contributed by atoms with Gasteiger partial charge in [-0.25, -0.2) is 0 Å². The lowest BCUT2D eigenvalue weighted by Crippen LogP contribution is -2.47. The van der Waals surface area contributed by atoms with Gasteiger partial charge in [0.15, 0.2) is 0 Å². The number of aliphatic hydroxyl groups excluding tert-OH is 1. The van der Waals surface area contributed by atoms with Crippen LogP contribution in [0.4, 0.5) is 0 Å². The summed E-state index contributed by atoms with van der Waals surface area (Å²) < 4.78 is 5.13. The topological polar surface area (TPSA) is 44.7 Å². The van der Waals surface area contributed by atoms with Gasteiger partial charge < -0.3 is 20.1 Å². The molecule has 0 amide bonds. The van der Waals surface area contributed by atoms with Crippen molar-refractivity contribution in [1.82, 2.24) is 10.2 Å². The fourth-order valence-corrected chi connectivity index (χ4v) is 3.49. The smallest absolute Gasteiger partial charge is 0.0587 e. The third-order valence-corrected chi connectivity index (χ3v) is 4.83. The maximum Gasteiger partial charge on any atom is 0.0587 e. The molecule has 0 radical (unpaired) electrons. The summed E-state index contributed by atoms with van der Waals surface area (Å²) >= 11 is 0. The van der Waals surface area contributed by atoms with Crippen molar-refractivity contribution in [1.29, 1.82) is 0 Å². The van der Waals surface area contributed by atoms with E-state index in [0.717, 1.165) is 51.7 Å². The Morgan fingerprint density at radius 1 is 1.29 bits per heavy atom. The predicted octanol–water partition coefficient (Wildman–Crippen LogP) is 2.12. The standard InChI is InChI=1S/C17H36N2O2/c1-4-10-19(11-12-20)15-17(14-18-9-13-21-3)7-5-16(2)6-8-17/h16,18,20H,4-15H2,1-3H3. The molecule has 1 rings (SSSR count). The molecule has 1 aliphatic rings. The highest BCUT2D eigenvalue weighted by Crippen LogP contribution is 2.39. The molecule has 0 aromatic carbocycles. The maximum absolute atomic E-state index is 9.29. The summed E-state index contributed by atoms with van der Waals surface area (Å²) in [6, 6.07) is 0. The molecule has 0 heterocycles. The minimum atomic E-state index is 0.267. The number of nitrogens with zero attached hydrogens (tertiary/aromatic N) is 1. The monoisotopic (exact) mass is 300 g/mol. The van der Waals surface area contributed by atoms with Crippen LogP contribution in [0.15, 0.2) is 0 Å². The average Bonchev–Trinajstić information content (AvgIpc) is 2.47. The first kappa shape index (κ1) is 18.9. The van der Waals surface area contributed by atoms with Crippen molar-refractivity contribution in [2.24, 2.45) is 11.3 Å². The zero-order valence-corrected chi connectivity index (χ0v) is 14.4. The summed E-state index contributed by atoms with van der Waals surface area (Å²) in [6.07, 6.45) is 6.44. The molecule has 2 N–H and O–H groups in total. The number of hydrogen-bond donors (Lipinski definition) is 2. The minimum Gasteiger partial charge on any atom is -0.395 e. The lowest BCUT2D eigenvalue weighted by Gasteiger charge is -2.43. The van der Waals surface area contributed by atoms with Crippen molar-refractivity contribution >= 4 is 0 Å². The molecular weight excluding hydrogens is 264 g/mol. The van der Waals surface area contributed by atoms with E-state index in [-0.39, 0.29) is 6.61 Å². The Bertz CT molecular complexity index is 247.